The molecule has 1 N–H and O–H groups in total. The minimum absolute atomic E-state index is 0.0209. The molecule has 5 unspecified atom stereocenters. The lowest BCUT2D eigenvalue weighted by molar-refractivity contribution is -0.148. The SMILES string of the molecule is C=C(C)C(=O)NCC(=O)OCCOC1C2CC3C(C2)S(=O)(=O)OC31C. The van der Waals surface area contributed by atoms with E-state index in [0.29, 0.717) is 12.0 Å². The number of hydrogen-bond acceptors (Lipinski definition) is 7. The fourth-order valence-corrected chi connectivity index (χ4v) is 6.40. The molecule has 0 aromatic carbocycles. The van der Waals surface area contributed by atoms with Crippen LogP contribution in [0.15, 0.2) is 12.2 Å². The van der Waals surface area contributed by atoms with Gasteiger partial charge in [-0.2, -0.15) is 8.42 Å². The van der Waals surface area contributed by atoms with Gasteiger partial charge in [-0.25, -0.2) is 0 Å². The fourth-order valence-electron chi connectivity index (χ4n) is 4.29. The van der Waals surface area contributed by atoms with Gasteiger partial charge in [0, 0.05) is 11.5 Å². The number of rotatable bonds is 7. The molecule has 5 atom stereocenters. The Morgan fingerprint density at radius 3 is 2.72 bits per heavy atom. The van der Waals surface area contributed by atoms with E-state index in [-0.39, 0.29) is 37.7 Å². The number of nitrogens with one attached hydrogen (secondary N) is 1. The number of ether oxygens (including phenoxy) is 2. The molecule has 0 aromatic heterocycles. The van der Waals surface area contributed by atoms with E-state index < -0.39 is 32.8 Å². The maximum atomic E-state index is 12.0. The first kappa shape index (κ1) is 18.3. The van der Waals surface area contributed by atoms with Crippen LogP contribution in [-0.4, -0.2) is 57.0 Å². The Morgan fingerprint density at radius 1 is 1.32 bits per heavy atom. The van der Waals surface area contributed by atoms with Crippen LogP contribution < -0.4 is 5.32 Å². The number of amides is 1. The molecule has 8 nitrogen and oxygen atoms in total. The number of carbonyl (C=O) groups excluding carboxylic acids is 2. The molecule has 3 rings (SSSR count). The Balaban J connectivity index is 1.43. The molecule has 140 valence electrons. The van der Waals surface area contributed by atoms with Crippen LogP contribution in [0.25, 0.3) is 0 Å². The van der Waals surface area contributed by atoms with Crippen molar-refractivity contribution in [2.24, 2.45) is 11.8 Å². The minimum Gasteiger partial charge on any atom is -0.462 e. The molecule has 25 heavy (non-hydrogen) atoms. The molecule has 0 radical (unpaired) electrons. The highest BCUT2D eigenvalue weighted by Crippen LogP contribution is 2.61. The summed E-state index contributed by atoms with van der Waals surface area (Å²) in [6, 6.07) is 0. The molecule has 3 fully saturated rings. The Bertz CT molecular complexity index is 703. The lowest BCUT2D eigenvalue weighted by Gasteiger charge is -2.33. The molecule has 0 spiro atoms. The lowest BCUT2D eigenvalue weighted by Crippen LogP contribution is -2.46. The van der Waals surface area contributed by atoms with Gasteiger partial charge in [0.15, 0.2) is 0 Å². The number of carbonyl (C=O) groups is 2. The first-order valence-electron chi connectivity index (χ1n) is 8.30. The third-order valence-electron chi connectivity index (χ3n) is 5.36. The third-order valence-corrected chi connectivity index (χ3v) is 7.22. The maximum absolute atomic E-state index is 12.0. The summed E-state index contributed by atoms with van der Waals surface area (Å²) in [5.74, 6) is -0.843. The second-order valence-corrected chi connectivity index (χ2v) is 8.87. The van der Waals surface area contributed by atoms with E-state index in [1.165, 1.54) is 0 Å². The van der Waals surface area contributed by atoms with Crippen molar-refractivity contribution in [2.75, 3.05) is 19.8 Å². The maximum Gasteiger partial charge on any atom is 0.325 e. The van der Waals surface area contributed by atoms with E-state index in [9.17, 15) is 18.0 Å². The highest BCUT2D eigenvalue weighted by molar-refractivity contribution is 7.87. The van der Waals surface area contributed by atoms with Crippen LogP contribution in [0, 0.1) is 11.8 Å². The highest BCUT2D eigenvalue weighted by Gasteiger charge is 2.70. The lowest BCUT2D eigenvalue weighted by atomic mass is 9.83. The molecule has 2 saturated carbocycles. The molecule has 1 heterocycles. The van der Waals surface area contributed by atoms with Gasteiger partial charge in [0.05, 0.1) is 18.0 Å². The van der Waals surface area contributed by atoms with Crippen molar-refractivity contribution in [3.8, 4) is 0 Å². The minimum atomic E-state index is -3.50. The van der Waals surface area contributed by atoms with Crippen LogP contribution in [0.4, 0.5) is 0 Å². The van der Waals surface area contributed by atoms with E-state index in [1.54, 1.807) is 13.8 Å². The van der Waals surface area contributed by atoms with Gasteiger partial charge in [-0.05, 0) is 32.6 Å². The second-order valence-electron chi connectivity index (χ2n) is 7.11. The monoisotopic (exact) mass is 373 g/mol. The molecule has 3 aliphatic rings. The highest BCUT2D eigenvalue weighted by atomic mass is 32.2. The third kappa shape index (κ3) is 3.20. The summed E-state index contributed by atoms with van der Waals surface area (Å²) in [4.78, 5) is 22.8. The number of hydrogen-bond donors (Lipinski definition) is 1. The molecule has 9 heteroatoms. The van der Waals surface area contributed by atoms with Gasteiger partial charge in [0.25, 0.3) is 10.1 Å². The smallest absolute Gasteiger partial charge is 0.325 e. The largest absolute Gasteiger partial charge is 0.462 e. The van der Waals surface area contributed by atoms with E-state index in [4.69, 9.17) is 13.7 Å². The van der Waals surface area contributed by atoms with Crippen LogP contribution in [0.2, 0.25) is 0 Å². The summed E-state index contributed by atoms with van der Waals surface area (Å²) in [6.07, 6.45) is 1.05. The second kappa shape index (κ2) is 6.37. The molecule has 2 bridgehead atoms. The first-order chi connectivity index (χ1) is 11.6. The fraction of sp³-hybridized carbons (Fsp3) is 0.750. The Hall–Kier alpha value is -1.45. The summed E-state index contributed by atoms with van der Waals surface area (Å²) in [7, 11) is -3.50. The standard InChI is InChI=1S/C16H23NO7S/c1-9(2)15(19)17-8-13(18)22-4-5-23-14-10-6-11-12(7-10)25(20,21)24-16(11,14)3/h10-12,14H,1,4-8H2,2-3H3,(H,17,19). The Labute approximate surface area is 147 Å². The summed E-state index contributed by atoms with van der Waals surface area (Å²) >= 11 is 0. The van der Waals surface area contributed by atoms with Crippen molar-refractivity contribution in [2.45, 2.75) is 43.6 Å². The van der Waals surface area contributed by atoms with Gasteiger partial charge in [-0.15, -0.1) is 0 Å². The molecular weight excluding hydrogens is 350 g/mol. The predicted molar refractivity (Wildman–Crippen MR) is 86.9 cm³/mol. The van der Waals surface area contributed by atoms with Crippen LogP contribution >= 0.6 is 0 Å². The molecule has 1 amide bonds. The zero-order valence-electron chi connectivity index (χ0n) is 14.3. The molecule has 1 saturated heterocycles. The van der Waals surface area contributed by atoms with E-state index in [1.807, 2.05) is 0 Å². The Kier molecular flexibility index (Phi) is 4.67. The first-order valence-corrected chi connectivity index (χ1v) is 9.77. The van der Waals surface area contributed by atoms with Crippen LogP contribution in [0.5, 0.6) is 0 Å². The quantitative estimate of drug-likeness (QED) is 0.292. The molecule has 0 aromatic rings. The predicted octanol–water partition coefficient (Wildman–Crippen LogP) is 0.134. The molecular formula is C16H23NO7S. The van der Waals surface area contributed by atoms with Gasteiger partial charge in [0.1, 0.15) is 18.8 Å². The zero-order valence-corrected chi connectivity index (χ0v) is 15.1. The average molecular weight is 373 g/mol. The molecule has 2 aliphatic carbocycles. The van der Waals surface area contributed by atoms with Crippen LogP contribution in [-0.2, 0) is 33.4 Å². The van der Waals surface area contributed by atoms with Gasteiger partial charge < -0.3 is 14.8 Å². The van der Waals surface area contributed by atoms with Crippen molar-refractivity contribution < 1.29 is 31.7 Å². The zero-order chi connectivity index (χ0) is 18.4. The average Bonchev–Trinajstić information content (AvgIpc) is 3.10. The van der Waals surface area contributed by atoms with Crippen LogP contribution in [0.3, 0.4) is 0 Å². The summed E-state index contributed by atoms with van der Waals surface area (Å²) in [6.45, 7) is 6.74. The van der Waals surface area contributed by atoms with Gasteiger partial charge in [-0.3, -0.25) is 13.8 Å². The van der Waals surface area contributed by atoms with Gasteiger partial charge in [-0.1, -0.05) is 6.58 Å². The normalized spacial score (nSPS) is 37.0. The number of esters is 1. The van der Waals surface area contributed by atoms with Gasteiger partial charge >= 0.3 is 5.97 Å². The van der Waals surface area contributed by atoms with E-state index >= 15 is 0 Å². The van der Waals surface area contributed by atoms with Crippen molar-refractivity contribution in [3.05, 3.63) is 12.2 Å². The molecule has 1 aliphatic heterocycles. The summed E-state index contributed by atoms with van der Waals surface area (Å²) in [5.41, 5.74) is -0.503. The van der Waals surface area contributed by atoms with Crippen molar-refractivity contribution >= 4 is 22.0 Å². The van der Waals surface area contributed by atoms with Crippen molar-refractivity contribution in [1.29, 1.82) is 0 Å². The summed E-state index contributed by atoms with van der Waals surface area (Å²) < 4.78 is 40.3. The summed E-state index contributed by atoms with van der Waals surface area (Å²) in [5, 5.41) is 1.98. The van der Waals surface area contributed by atoms with Gasteiger partial charge in [0.2, 0.25) is 5.91 Å². The Morgan fingerprint density at radius 2 is 2.04 bits per heavy atom. The van der Waals surface area contributed by atoms with Crippen molar-refractivity contribution in [3.63, 3.8) is 0 Å². The number of fused-ring (bicyclic) bond motifs is 1. The van der Waals surface area contributed by atoms with Crippen LogP contribution in [0.1, 0.15) is 26.7 Å². The topological polar surface area (TPSA) is 108 Å². The van der Waals surface area contributed by atoms with E-state index in [2.05, 4.69) is 11.9 Å². The van der Waals surface area contributed by atoms with Crippen molar-refractivity contribution in [1.82, 2.24) is 5.32 Å². The van der Waals surface area contributed by atoms with E-state index in [0.717, 1.165) is 6.42 Å².